The third kappa shape index (κ3) is 4.16. The number of aliphatic hydroxyl groups is 1. The minimum atomic E-state index is -0.585. The van der Waals surface area contributed by atoms with Gasteiger partial charge in [0.05, 0.1) is 13.2 Å². The number of hydrogen-bond acceptors (Lipinski definition) is 3. The minimum Gasteiger partial charge on any atom is -0.491 e. The van der Waals surface area contributed by atoms with Crippen LogP contribution in [0, 0.1) is 5.82 Å². The smallest absolute Gasteiger partial charge is 0.165 e. The average Bonchev–Trinajstić information content (AvgIpc) is 2.27. The van der Waals surface area contributed by atoms with Crippen LogP contribution >= 0.6 is 0 Å². The number of benzene rings is 1. The molecule has 1 unspecified atom stereocenters. The van der Waals surface area contributed by atoms with Crippen LogP contribution in [0.15, 0.2) is 24.3 Å². The zero-order chi connectivity index (χ0) is 12.0. The summed E-state index contributed by atoms with van der Waals surface area (Å²) >= 11 is 0. The molecule has 1 atom stereocenters. The highest BCUT2D eigenvalue weighted by atomic mass is 19.1. The molecule has 0 bridgehead atoms. The topological polar surface area (TPSA) is 55.5 Å². The molecule has 0 radical (unpaired) electrons. The molecule has 0 saturated heterocycles. The maximum atomic E-state index is 13.1. The van der Waals surface area contributed by atoms with E-state index in [-0.39, 0.29) is 18.2 Å². The van der Waals surface area contributed by atoms with Crippen LogP contribution < -0.4 is 10.5 Å². The lowest BCUT2D eigenvalue weighted by molar-refractivity contribution is 0.187. The van der Waals surface area contributed by atoms with Crippen molar-refractivity contribution < 1.29 is 14.2 Å². The number of nitrogens with two attached hydrogens (primary N) is 1. The standard InChI is InChI=1S/C12H18FNO2/c1-12(14,9-15)7-4-8-16-11-6-3-2-5-10(11)13/h2-3,5-6,15H,4,7-9,14H2,1H3. The predicted octanol–water partition coefficient (Wildman–Crippen LogP) is 1.69. The van der Waals surface area contributed by atoms with Crippen molar-refractivity contribution in [2.45, 2.75) is 25.3 Å². The summed E-state index contributed by atoms with van der Waals surface area (Å²) in [6.07, 6.45) is 1.32. The second-order valence-corrected chi connectivity index (χ2v) is 4.19. The molecule has 3 N–H and O–H groups in total. The SMILES string of the molecule is CC(N)(CO)CCCOc1ccccc1F. The van der Waals surface area contributed by atoms with E-state index in [0.29, 0.717) is 19.4 Å². The molecule has 0 aliphatic heterocycles. The molecule has 0 saturated carbocycles. The molecule has 0 fully saturated rings. The fourth-order valence-corrected chi connectivity index (χ4v) is 1.30. The molecule has 3 nitrogen and oxygen atoms in total. The number of aliphatic hydroxyl groups excluding tert-OH is 1. The summed E-state index contributed by atoms with van der Waals surface area (Å²) in [6.45, 7) is 2.11. The highest BCUT2D eigenvalue weighted by Crippen LogP contribution is 2.16. The van der Waals surface area contributed by atoms with Crippen molar-refractivity contribution in [2.24, 2.45) is 5.73 Å². The summed E-state index contributed by atoms with van der Waals surface area (Å²) in [5, 5.41) is 8.93. The van der Waals surface area contributed by atoms with Crippen LogP contribution in [0.25, 0.3) is 0 Å². The van der Waals surface area contributed by atoms with Crippen LogP contribution in [0.4, 0.5) is 4.39 Å². The second kappa shape index (κ2) is 5.82. The second-order valence-electron chi connectivity index (χ2n) is 4.19. The highest BCUT2D eigenvalue weighted by molar-refractivity contribution is 5.23. The van der Waals surface area contributed by atoms with E-state index in [1.807, 2.05) is 0 Å². The summed E-state index contributed by atoms with van der Waals surface area (Å²) in [4.78, 5) is 0. The van der Waals surface area contributed by atoms with E-state index in [2.05, 4.69) is 0 Å². The van der Waals surface area contributed by atoms with Crippen molar-refractivity contribution in [1.82, 2.24) is 0 Å². The molecule has 1 aromatic rings. The third-order valence-electron chi connectivity index (χ3n) is 2.35. The third-order valence-corrected chi connectivity index (χ3v) is 2.35. The van der Waals surface area contributed by atoms with E-state index >= 15 is 0 Å². The lowest BCUT2D eigenvalue weighted by Crippen LogP contribution is -2.40. The van der Waals surface area contributed by atoms with Crippen LogP contribution in [0.5, 0.6) is 5.75 Å². The van der Waals surface area contributed by atoms with Gasteiger partial charge in [0.1, 0.15) is 0 Å². The summed E-state index contributed by atoms with van der Waals surface area (Å²) in [7, 11) is 0. The monoisotopic (exact) mass is 227 g/mol. The predicted molar refractivity (Wildman–Crippen MR) is 60.8 cm³/mol. The molecule has 0 aliphatic carbocycles. The summed E-state index contributed by atoms with van der Waals surface area (Å²) in [6, 6.07) is 6.28. The van der Waals surface area contributed by atoms with Gasteiger partial charge >= 0.3 is 0 Å². The molecule has 4 heteroatoms. The van der Waals surface area contributed by atoms with Crippen LogP contribution in [-0.4, -0.2) is 23.9 Å². The Morgan fingerprint density at radius 1 is 1.44 bits per heavy atom. The number of para-hydroxylation sites is 1. The van der Waals surface area contributed by atoms with Gasteiger partial charge in [0.25, 0.3) is 0 Å². The van der Waals surface area contributed by atoms with Crippen molar-refractivity contribution in [1.29, 1.82) is 0 Å². The van der Waals surface area contributed by atoms with E-state index in [0.717, 1.165) is 0 Å². The van der Waals surface area contributed by atoms with E-state index in [1.54, 1.807) is 25.1 Å². The number of halogens is 1. The Bertz CT molecular complexity index is 329. The first-order chi connectivity index (χ1) is 7.55. The largest absolute Gasteiger partial charge is 0.491 e. The Morgan fingerprint density at radius 2 is 2.12 bits per heavy atom. The lowest BCUT2D eigenvalue weighted by Gasteiger charge is -2.21. The van der Waals surface area contributed by atoms with Gasteiger partial charge in [-0.05, 0) is 31.9 Å². The molecule has 1 aromatic carbocycles. The molecular weight excluding hydrogens is 209 g/mol. The molecule has 0 spiro atoms. The van der Waals surface area contributed by atoms with Gasteiger partial charge < -0.3 is 15.6 Å². The summed E-state index contributed by atoms with van der Waals surface area (Å²) in [5.41, 5.74) is 5.16. The Hall–Kier alpha value is -1.13. The molecule has 0 amide bonds. The fraction of sp³-hybridized carbons (Fsp3) is 0.500. The van der Waals surface area contributed by atoms with Gasteiger partial charge in [0, 0.05) is 5.54 Å². The molecule has 16 heavy (non-hydrogen) atoms. The molecule has 90 valence electrons. The van der Waals surface area contributed by atoms with Crippen LogP contribution in [-0.2, 0) is 0 Å². The van der Waals surface area contributed by atoms with Gasteiger partial charge in [-0.25, -0.2) is 4.39 Å². The fourth-order valence-electron chi connectivity index (χ4n) is 1.30. The Balaban J connectivity index is 2.29. The van der Waals surface area contributed by atoms with Gasteiger partial charge in [-0.15, -0.1) is 0 Å². The van der Waals surface area contributed by atoms with E-state index in [1.165, 1.54) is 6.07 Å². The van der Waals surface area contributed by atoms with Gasteiger partial charge in [0.15, 0.2) is 11.6 Å². The van der Waals surface area contributed by atoms with E-state index < -0.39 is 5.54 Å². The van der Waals surface area contributed by atoms with Gasteiger partial charge in [-0.1, -0.05) is 12.1 Å². The maximum absolute atomic E-state index is 13.1. The molecular formula is C12H18FNO2. The average molecular weight is 227 g/mol. The molecule has 0 aromatic heterocycles. The van der Waals surface area contributed by atoms with Crippen molar-refractivity contribution in [2.75, 3.05) is 13.2 Å². The van der Waals surface area contributed by atoms with Gasteiger partial charge in [-0.3, -0.25) is 0 Å². The number of hydrogen-bond donors (Lipinski definition) is 2. The summed E-state index contributed by atoms with van der Waals surface area (Å²) < 4.78 is 18.4. The first-order valence-electron chi connectivity index (χ1n) is 5.32. The van der Waals surface area contributed by atoms with Crippen molar-refractivity contribution in [3.63, 3.8) is 0 Å². The normalized spacial score (nSPS) is 14.5. The van der Waals surface area contributed by atoms with E-state index in [4.69, 9.17) is 15.6 Å². The van der Waals surface area contributed by atoms with Crippen molar-refractivity contribution >= 4 is 0 Å². The van der Waals surface area contributed by atoms with Crippen LogP contribution in [0.1, 0.15) is 19.8 Å². The Kier molecular flexibility index (Phi) is 4.71. The molecule has 1 rings (SSSR count). The van der Waals surface area contributed by atoms with E-state index in [9.17, 15) is 4.39 Å². The first-order valence-corrected chi connectivity index (χ1v) is 5.32. The zero-order valence-electron chi connectivity index (χ0n) is 9.45. The molecule has 0 aliphatic rings. The quantitative estimate of drug-likeness (QED) is 0.727. The van der Waals surface area contributed by atoms with Gasteiger partial charge in [0.2, 0.25) is 0 Å². The maximum Gasteiger partial charge on any atom is 0.165 e. The minimum absolute atomic E-state index is 0.0628. The van der Waals surface area contributed by atoms with Crippen LogP contribution in [0.3, 0.4) is 0 Å². The highest BCUT2D eigenvalue weighted by Gasteiger charge is 2.16. The number of rotatable bonds is 6. The van der Waals surface area contributed by atoms with Crippen LogP contribution in [0.2, 0.25) is 0 Å². The summed E-state index contributed by atoms with van der Waals surface area (Å²) in [5.74, 6) is -0.106. The van der Waals surface area contributed by atoms with Crippen molar-refractivity contribution in [3.05, 3.63) is 30.1 Å². The number of ether oxygens (including phenoxy) is 1. The van der Waals surface area contributed by atoms with Gasteiger partial charge in [-0.2, -0.15) is 0 Å². The Labute approximate surface area is 95.0 Å². The Morgan fingerprint density at radius 3 is 2.75 bits per heavy atom. The first kappa shape index (κ1) is 12.9. The van der Waals surface area contributed by atoms with Crippen molar-refractivity contribution in [3.8, 4) is 5.75 Å². The lowest BCUT2D eigenvalue weighted by atomic mass is 9.99. The zero-order valence-corrected chi connectivity index (χ0v) is 9.45. The molecule has 0 heterocycles.